The predicted octanol–water partition coefficient (Wildman–Crippen LogP) is 5.12. The molecule has 1 aliphatic rings. The van der Waals surface area contributed by atoms with Crippen LogP contribution in [-0.2, 0) is 36.8 Å². The summed E-state index contributed by atoms with van der Waals surface area (Å²) in [6.07, 6.45) is 6.72. The number of amides is 5. The van der Waals surface area contributed by atoms with Crippen molar-refractivity contribution in [3.8, 4) is 33.8 Å². The van der Waals surface area contributed by atoms with E-state index in [1.807, 2.05) is 12.1 Å². The number of hydrogen-bond acceptors (Lipinski definition) is 9. The van der Waals surface area contributed by atoms with Crippen molar-refractivity contribution >= 4 is 35.5 Å². The van der Waals surface area contributed by atoms with Crippen LogP contribution in [0.5, 0.6) is 11.5 Å². The Balaban J connectivity index is 1.29. The number of unbranched alkanes of at least 4 members (excludes halogenated alkanes) is 4. The van der Waals surface area contributed by atoms with E-state index in [2.05, 4.69) is 52.5 Å². The van der Waals surface area contributed by atoms with Crippen LogP contribution in [0.25, 0.3) is 22.3 Å². The van der Waals surface area contributed by atoms with Crippen LogP contribution >= 0.6 is 0 Å². The number of benzene rings is 4. The molecular weight excluding hydrogens is 817 g/mol. The number of hydrogen-bond donors (Lipinski definition) is 8. The van der Waals surface area contributed by atoms with Crippen LogP contribution in [0.15, 0.2) is 84.9 Å². The third-order valence-electron chi connectivity index (χ3n) is 11.4. The summed E-state index contributed by atoms with van der Waals surface area (Å²) in [7, 11) is 1.36. The standard InChI is InChI=1S/C49H60N6O9/c1-4-5-6-7-10-31-12-15-33(16-13-31)34-17-19-35(20-18-34)46(60)51-26-24-43(58)53-39(11-8-9-25-50)48(62)55(3)44-36-21-23-42(57)38(29-36)37-27-32(14-22-41(37)56)28-40(49(63)64)54-45(59)30(2)52-47(44)61/h12-23,27,29-30,39-40,44,56-57H,4-11,24-26,28,50H2,1-3H3,(H,51,60)(H,52,61)(H,53,58)(H,54,59)(H,63,64)/t30-,39-,40-,44-/m0/s1. The molecule has 4 bridgehead atoms. The number of aliphatic carboxylic acids is 1. The molecular formula is C49H60N6O9. The molecule has 1 aliphatic heterocycles. The molecule has 0 aliphatic carbocycles. The monoisotopic (exact) mass is 876 g/mol. The number of phenolic OH excluding ortho intramolecular Hbond substituents is 2. The van der Waals surface area contributed by atoms with E-state index in [1.54, 1.807) is 12.1 Å². The number of likely N-dealkylation sites (N-methyl/N-ethyl adjacent to an activating group) is 1. The van der Waals surface area contributed by atoms with Gasteiger partial charge in [0, 0.05) is 43.1 Å². The largest absolute Gasteiger partial charge is 0.507 e. The van der Waals surface area contributed by atoms with Gasteiger partial charge < -0.3 is 47.2 Å². The highest BCUT2D eigenvalue weighted by Gasteiger charge is 2.36. The summed E-state index contributed by atoms with van der Waals surface area (Å²) >= 11 is 0. The fraction of sp³-hybridized carbons (Fsp3) is 0.388. The molecule has 64 heavy (non-hydrogen) atoms. The minimum Gasteiger partial charge on any atom is -0.507 e. The Hall–Kier alpha value is -6.74. The Morgan fingerprint density at radius 3 is 2.12 bits per heavy atom. The summed E-state index contributed by atoms with van der Waals surface area (Å²) in [5, 5.41) is 42.3. The van der Waals surface area contributed by atoms with Crippen molar-refractivity contribution in [2.24, 2.45) is 5.73 Å². The van der Waals surface area contributed by atoms with Crippen molar-refractivity contribution in [1.82, 2.24) is 26.2 Å². The molecule has 0 saturated carbocycles. The highest BCUT2D eigenvalue weighted by Crippen LogP contribution is 2.39. The first kappa shape index (κ1) is 48.3. The van der Waals surface area contributed by atoms with E-state index in [4.69, 9.17) is 5.73 Å². The van der Waals surface area contributed by atoms with Crippen LogP contribution in [0, 0.1) is 0 Å². The average molecular weight is 877 g/mol. The molecule has 15 heteroatoms. The Bertz CT molecular complexity index is 2280. The molecule has 0 saturated heterocycles. The third-order valence-corrected chi connectivity index (χ3v) is 11.4. The van der Waals surface area contributed by atoms with Crippen LogP contribution in [0.2, 0.25) is 0 Å². The summed E-state index contributed by atoms with van der Waals surface area (Å²) in [5.41, 5.74) is 10.3. The number of carboxylic acid groups (broad SMARTS) is 1. The van der Waals surface area contributed by atoms with Gasteiger partial charge in [-0.1, -0.05) is 74.7 Å². The Morgan fingerprint density at radius 2 is 1.47 bits per heavy atom. The van der Waals surface area contributed by atoms with Gasteiger partial charge in [-0.25, -0.2) is 4.79 Å². The van der Waals surface area contributed by atoms with Gasteiger partial charge in [-0.15, -0.1) is 0 Å². The van der Waals surface area contributed by atoms with Crippen molar-refractivity contribution in [2.45, 2.75) is 102 Å². The Kier molecular flexibility index (Phi) is 17.4. The second kappa shape index (κ2) is 23.1. The van der Waals surface area contributed by atoms with E-state index in [9.17, 15) is 44.1 Å². The number of aryl methyl sites for hydroxylation is 1. The van der Waals surface area contributed by atoms with Gasteiger partial charge in [0.25, 0.3) is 5.91 Å². The fourth-order valence-electron chi connectivity index (χ4n) is 7.72. The first-order valence-corrected chi connectivity index (χ1v) is 21.9. The number of nitrogens with two attached hydrogens (primary N) is 1. The number of fused-ring (bicyclic) bond motifs is 5. The maximum absolute atomic E-state index is 14.4. The van der Waals surface area contributed by atoms with Gasteiger partial charge in [-0.2, -0.15) is 0 Å². The minimum absolute atomic E-state index is 0.0241. The van der Waals surface area contributed by atoms with E-state index >= 15 is 0 Å². The van der Waals surface area contributed by atoms with Gasteiger partial charge in [0.05, 0.1) is 0 Å². The van der Waals surface area contributed by atoms with Crippen LogP contribution < -0.4 is 27.0 Å². The molecule has 0 radical (unpaired) electrons. The van der Waals surface area contributed by atoms with Gasteiger partial charge in [0.15, 0.2) is 0 Å². The highest BCUT2D eigenvalue weighted by molar-refractivity contribution is 5.97. The van der Waals surface area contributed by atoms with Crippen molar-refractivity contribution in [3.63, 3.8) is 0 Å². The smallest absolute Gasteiger partial charge is 0.326 e. The molecule has 0 unspecified atom stereocenters. The molecule has 5 rings (SSSR count). The lowest BCUT2D eigenvalue weighted by Crippen LogP contribution is -2.54. The first-order valence-electron chi connectivity index (χ1n) is 21.9. The number of rotatable bonds is 18. The van der Waals surface area contributed by atoms with Gasteiger partial charge in [0.1, 0.15) is 35.7 Å². The second-order valence-electron chi connectivity index (χ2n) is 16.3. The normalized spacial score (nSPS) is 16.7. The maximum Gasteiger partial charge on any atom is 0.326 e. The van der Waals surface area contributed by atoms with E-state index in [-0.39, 0.29) is 59.9 Å². The summed E-state index contributed by atoms with van der Waals surface area (Å²) in [6.45, 7) is 3.88. The molecule has 0 spiro atoms. The van der Waals surface area contributed by atoms with Gasteiger partial charge in [0.2, 0.25) is 23.6 Å². The molecule has 4 atom stereocenters. The predicted molar refractivity (Wildman–Crippen MR) is 243 cm³/mol. The number of carbonyl (C=O) groups excluding carboxylic acids is 5. The molecule has 4 aromatic carbocycles. The van der Waals surface area contributed by atoms with E-state index in [0.717, 1.165) is 22.4 Å². The molecule has 0 fully saturated rings. The average Bonchev–Trinajstić information content (AvgIpc) is 3.28. The van der Waals surface area contributed by atoms with Gasteiger partial charge >= 0.3 is 5.97 Å². The zero-order valence-electron chi connectivity index (χ0n) is 36.7. The van der Waals surface area contributed by atoms with Crippen molar-refractivity contribution < 1.29 is 44.1 Å². The molecule has 4 aromatic rings. The minimum atomic E-state index is -1.44. The summed E-state index contributed by atoms with van der Waals surface area (Å²) in [5.74, 6) is -5.00. The molecule has 340 valence electrons. The summed E-state index contributed by atoms with van der Waals surface area (Å²) in [6, 6.07) is 18.9. The SMILES string of the molecule is CCCCCCc1ccc(-c2ccc(C(=O)NCCC(=O)N[C@@H](CCCCN)C(=O)N(C)[C@@H]3C(=O)N[C@@H](C)C(=O)N[C@H](C(=O)O)Cc4ccc(O)c(c4)-c4cc3ccc4O)cc2)cc1. The van der Waals surface area contributed by atoms with Crippen molar-refractivity contribution in [1.29, 1.82) is 0 Å². The molecule has 0 aromatic heterocycles. The van der Waals surface area contributed by atoms with E-state index in [1.165, 1.54) is 81.6 Å². The summed E-state index contributed by atoms with van der Waals surface area (Å²) < 4.78 is 0. The quantitative estimate of drug-likeness (QED) is 0.0614. The van der Waals surface area contributed by atoms with E-state index < -0.39 is 53.8 Å². The topological polar surface area (TPSA) is 240 Å². The zero-order chi connectivity index (χ0) is 46.3. The summed E-state index contributed by atoms with van der Waals surface area (Å²) in [4.78, 5) is 81.5. The zero-order valence-corrected chi connectivity index (χ0v) is 36.7. The van der Waals surface area contributed by atoms with Crippen molar-refractivity contribution in [2.75, 3.05) is 20.1 Å². The first-order chi connectivity index (χ1) is 30.7. The lowest BCUT2D eigenvalue weighted by molar-refractivity contribution is -0.144. The number of carbonyl (C=O) groups is 6. The molecule has 1 heterocycles. The van der Waals surface area contributed by atoms with E-state index in [0.29, 0.717) is 30.5 Å². The molecule has 15 nitrogen and oxygen atoms in total. The van der Waals surface area contributed by atoms with Crippen molar-refractivity contribution in [3.05, 3.63) is 107 Å². The number of nitrogens with one attached hydrogen (secondary N) is 4. The maximum atomic E-state index is 14.4. The molecule has 9 N–H and O–H groups in total. The Labute approximate surface area is 373 Å². The lowest BCUT2D eigenvalue weighted by atomic mass is 9.93. The number of phenols is 2. The fourth-order valence-corrected chi connectivity index (χ4v) is 7.72. The van der Waals surface area contributed by atoms with Crippen LogP contribution in [-0.4, -0.2) is 94.0 Å². The number of nitrogens with zero attached hydrogens (tertiary/aromatic N) is 1. The Morgan fingerprint density at radius 1 is 0.812 bits per heavy atom. The van der Waals surface area contributed by atoms with Crippen LogP contribution in [0.1, 0.15) is 98.3 Å². The van der Waals surface area contributed by atoms with Gasteiger partial charge in [-0.3, -0.25) is 24.0 Å². The van der Waals surface area contributed by atoms with Gasteiger partial charge in [-0.05, 0) is 110 Å². The number of aromatic hydroxyl groups is 2. The molecule has 5 amide bonds. The lowest BCUT2D eigenvalue weighted by Gasteiger charge is -2.32. The third kappa shape index (κ3) is 12.9. The van der Waals surface area contributed by atoms with Crippen LogP contribution in [0.4, 0.5) is 0 Å². The van der Waals surface area contributed by atoms with Crippen LogP contribution in [0.3, 0.4) is 0 Å². The number of carboxylic acids is 1. The second-order valence-corrected chi connectivity index (χ2v) is 16.3. The highest BCUT2D eigenvalue weighted by atomic mass is 16.4.